The Kier molecular flexibility index (Phi) is 5.64. The van der Waals surface area contributed by atoms with Crippen LogP contribution in [0.15, 0.2) is 0 Å². The van der Waals surface area contributed by atoms with Crippen LogP contribution in [-0.4, -0.2) is 24.0 Å². The lowest BCUT2D eigenvalue weighted by Gasteiger charge is -2.29. The first-order valence-corrected chi connectivity index (χ1v) is 7.35. The van der Waals surface area contributed by atoms with Crippen LogP contribution in [0.4, 0.5) is 0 Å². The third-order valence-electron chi connectivity index (χ3n) is 3.49. The summed E-state index contributed by atoms with van der Waals surface area (Å²) < 4.78 is 0. The van der Waals surface area contributed by atoms with E-state index in [0.717, 1.165) is 32.2 Å². The highest BCUT2D eigenvalue weighted by Gasteiger charge is 2.34. The zero-order valence-corrected chi connectivity index (χ0v) is 12.7. The van der Waals surface area contributed by atoms with Crippen molar-refractivity contribution in [2.45, 2.75) is 71.9 Å². The molecule has 18 heavy (non-hydrogen) atoms. The van der Waals surface area contributed by atoms with Gasteiger partial charge < -0.3 is 10.6 Å². The first-order valence-electron chi connectivity index (χ1n) is 7.35. The van der Waals surface area contributed by atoms with Gasteiger partial charge in [-0.05, 0) is 46.0 Å². The van der Waals surface area contributed by atoms with Crippen LogP contribution in [-0.2, 0) is 4.79 Å². The molecule has 1 aliphatic carbocycles. The summed E-state index contributed by atoms with van der Waals surface area (Å²) in [5.41, 5.74) is 0.0888. The quantitative estimate of drug-likeness (QED) is 0.792. The van der Waals surface area contributed by atoms with Crippen molar-refractivity contribution in [3.05, 3.63) is 0 Å². The van der Waals surface area contributed by atoms with Crippen LogP contribution in [0, 0.1) is 11.8 Å². The van der Waals surface area contributed by atoms with Crippen molar-refractivity contribution in [3.63, 3.8) is 0 Å². The van der Waals surface area contributed by atoms with E-state index in [1.807, 2.05) is 0 Å². The molecule has 1 amide bonds. The van der Waals surface area contributed by atoms with E-state index in [1.54, 1.807) is 0 Å². The average Bonchev–Trinajstić information content (AvgIpc) is 2.62. The fraction of sp³-hybridized carbons (Fsp3) is 0.933. The number of rotatable bonds is 5. The maximum atomic E-state index is 12.2. The van der Waals surface area contributed by atoms with Gasteiger partial charge in [0.2, 0.25) is 5.91 Å². The molecule has 0 aromatic carbocycles. The van der Waals surface area contributed by atoms with Crippen molar-refractivity contribution in [2.75, 3.05) is 6.54 Å². The van der Waals surface area contributed by atoms with Gasteiger partial charge in [0.05, 0.1) is 5.92 Å². The largest absolute Gasteiger partial charge is 0.356 e. The molecule has 1 aliphatic rings. The number of amides is 1. The predicted octanol–water partition coefficient (Wildman–Crippen LogP) is 2.71. The van der Waals surface area contributed by atoms with E-state index < -0.39 is 0 Å². The fourth-order valence-electron chi connectivity index (χ4n) is 2.62. The minimum atomic E-state index is 0.0888. The van der Waals surface area contributed by atoms with Crippen LogP contribution >= 0.6 is 0 Å². The number of carbonyl (C=O) groups excluding carboxylic acids is 1. The molecule has 3 heteroatoms. The van der Waals surface area contributed by atoms with Crippen LogP contribution in [0.1, 0.15) is 60.3 Å². The van der Waals surface area contributed by atoms with Crippen molar-refractivity contribution in [3.8, 4) is 0 Å². The zero-order valence-electron chi connectivity index (χ0n) is 12.7. The van der Waals surface area contributed by atoms with E-state index in [2.05, 4.69) is 45.3 Å². The standard InChI is InChI=1S/C15H30N2O/c1-11(2)9-10-16-14(18)12-7-6-8-13(12)17-15(3,4)5/h11-13,17H,6-10H2,1-5H3,(H,16,18)/t12-,13+/m1/s1. The van der Waals surface area contributed by atoms with Gasteiger partial charge in [-0.2, -0.15) is 0 Å². The molecule has 0 bridgehead atoms. The van der Waals surface area contributed by atoms with Crippen LogP contribution in [0.5, 0.6) is 0 Å². The number of hydrogen-bond acceptors (Lipinski definition) is 2. The second kappa shape index (κ2) is 6.55. The lowest BCUT2D eigenvalue weighted by atomic mass is 9.98. The second-order valence-electron chi connectivity index (χ2n) is 7.01. The summed E-state index contributed by atoms with van der Waals surface area (Å²) in [4.78, 5) is 12.2. The highest BCUT2D eigenvalue weighted by molar-refractivity contribution is 5.79. The minimum Gasteiger partial charge on any atom is -0.356 e. The van der Waals surface area contributed by atoms with E-state index >= 15 is 0 Å². The van der Waals surface area contributed by atoms with Gasteiger partial charge in [-0.25, -0.2) is 0 Å². The molecule has 0 radical (unpaired) electrons. The van der Waals surface area contributed by atoms with Gasteiger partial charge in [0.25, 0.3) is 0 Å². The van der Waals surface area contributed by atoms with Crippen LogP contribution in [0.3, 0.4) is 0 Å². The summed E-state index contributed by atoms with van der Waals surface area (Å²) >= 11 is 0. The maximum Gasteiger partial charge on any atom is 0.224 e. The summed E-state index contributed by atoms with van der Waals surface area (Å²) in [6, 6.07) is 0.351. The first kappa shape index (κ1) is 15.5. The van der Waals surface area contributed by atoms with Gasteiger partial charge in [-0.3, -0.25) is 4.79 Å². The summed E-state index contributed by atoms with van der Waals surface area (Å²) in [6.45, 7) is 11.7. The molecule has 1 fully saturated rings. The van der Waals surface area contributed by atoms with Crippen molar-refractivity contribution < 1.29 is 4.79 Å². The number of hydrogen-bond donors (Lipinski definition) is 2. The van der Waals surface area contributed by atoms with Crippen LogP contribution < -0.4 is 10.6 Å². The van der Waals surface area contributed by atoms with Gasteiger partial charge in [-0.1, -0.05) is 20.3 Å². The normalized spacial score (nSPS) is 24.6. The van der Waals surface area contributed by atoms with Crippen molar-refractivity contribution >= 4 is 5.91 Å². The van der Waals surface area contributed by atoms with E-state index in [-0.39, 0.29) is 17.4 Å². The van der Waals surface area contributed by atoms with Crippen LogP contribution in [0.2, 0.25) is 0 Å². The zero-order chi connectivity index (χ0) is 13.8. The Labute approximate surface area is 112 Å². The van der Waals surface area contributed by atoms with Gasteiger partial charge in [0, 0.05) is 18.1 Å². The number of carbonyl (C=O) groups is 1. The summed E-state index contributed by atoms with van der Waals surface area (Å²) in [6.07, 6.45) is 4.38. The lowest BCUT2D eigenvalue weighted by molar-refractivity contribution is -0.125. The molecule has 2 N–H and O–H groups in total. The Morgan fingerprint density at radius 2 is 1.94 bits per heavy atom. The average molecular weight is 254 g/mol. The lowest BCUT2D eigenvalue weighted by Crippen LogP contribution is -2.49. The number of nitrogens with one attached hydrogen (secondary N) is 2. The Morgan fingerprint density at radius 1 is 1.28 bits per heavy atom. The Hall–Kier alpha value is -0.570. The molecular weight excluding hydrogens is 224 g/mol. The predicted molar refractivity (Wildman–Crippen MR) is 76.5 cm³/mol. The molecule has 3 nitrogen and oxygen atoms in total. The Morgan fingerprint density at radius 3 is 2.50 bits per heavy atom. The topological polar surface area (TPSA) is 41.1 Å². The third kappa shape index (κ3) is 5.38. The molecule has 1 rings (SSSR count). The molecule has 0 aromatic heterocycles. The van der Waals surface area contributed by atoms with Crippen molar-refractivity contribution in [1.29, 1.82) is 0 Å². The van der Waals surface area contributed by atoms with E-state index in [4.69, 9.17) is 0 Å². The van der Waals surface area contributed by atoms with Crippen LogP contribution in [0.25, 0.3) is 0 Å². The molecule has 0 saturated heterocycles. The third-order valence-corrected chi connectivity index (χ3v) is 3.49. The summed E-state index contributed by atoms with van der Waals surface area (Å²) in [5.74, 6) is 1.06. The highest BCUT2D eigenvalue weighted by Crippen LogP contribution is 2.27. The molecule has 1 saturated carbocycles. The van der Waals surface area contributed by atoms with Crippen molar-refractivity contribution in [2.24, 2.45) is 11.8 Å². The smallest absolute Gasteiger partial charge is 0.224 e. The van der Waals surface area contributed by atoms with Gasteiger partial charge >= 0.3 is 0 Å². The SMILES string of the molecule is CC(C)CCNC(=O)[C@@H]1CCC[C@@H]1NC(C)(C)C. The van der Waals surface area contributed by atoms with Crippen molar-refractivity contribution in [1.82, 2.24) is 10.6 Å². The fourth-order valence-corrected chi connectivity index (χ4v) is 2.62. The molecule has 0 spiro atoms. The van der Waals surface area contributed by atoms with E-state index in [9.17, 15) is 4.79 Å². The Bertz CT molecular complexity index is 268. The van der Waals surface area contributed by atoms with E-state index in [0.29, 0.717) is 12.0 Å². The highest BCUT2D eigenvalue weighted by atomic mass is 16.1. The van der Waals surface area contributed by atoms with Gasteiger partial charge in [0.15, 0.2) is 0 Å². The molecule has 2 atom stereocenters. The molecule has 106 valence electrons. The molecule has 0 aliphatic heterocycles. The Balaban J connectivity index is 2.41. The summed E-state index contributed by atoms with van der Waals surface area (Å²) in [5, 5.41) is 6.68. The molecule has 0 unspecified atom stereocenters. The minimum absolute atomic E-state index is 0.0888. The maximum absolute atomic E-state index is 12.2. The van der Waals surface area contributed by atoms with E-state index in [1.165, 1.54) is 0 Å². The monoisotopic (exact) mass is 254 g/mol. The summed E-state index contributed by atoms with van der Waals surface area (Å²) in [7, 11) is 0. The molecular formula is C15H30N2O. The second-order valence-corrected chi connectivity index (χ2v) is 7.01. The van der Waals surface area contributed by atoms with Gasteiger partial charge in [-0.15, -0.1) is 0 Å². The van der Waals surface area contributed by atoms with Gasteiger partial charge in [0.1, 0.15) is 0 Å². The molecule has 0 aromatic rings. The first-order chi connectivity index (χ1) is 8.29. The molecule has 0 heterocycles.